The van der Waals surface area contributed by atoms with Crippen molar-refractivity contribution in [2.75, 3.05) is 26.3 Å². The Balaban J connectivity index is 2.06. The van der Waals surface area contributed by atoms with Gasteiger partial charge >= 0.3 is 12.1 Å². The minimum Gasteiger partial charge on any atom is -0.425 e. The zero-order chi connectivity index (χ0) is 18.9. The average molecular weight is 453 g/mol. The molecule has 26 heavy (non-hydrogen) atoms. The molecular formula is C16H16BrF3N2O3S. The number of hydrazone groups is 1. The molecule has 0 saturated carbocycles. The summed E-state index contributed by atoms with van der Waals surface area (Å²) >= 11 is 4.20. The van der Waals surface area contributed by atoms with Crippen LogP contribution in [0.5, 0.6) is 0 Å². The smallest absolute Gasteiger partial charge is 0.403 e. The van der Waals surface area contributed by atoms with Crippen LogP contribution in [0.1, 0.15) is 18.2 Å². The van der Waals surface area contributed by atoms with Gasteiger partial charge in [-0.1, -0.05) is 0 Å². The Morgan fingerprint density at radius 2 is 2.12 bits per heavy atom. The van der Waals surface area contributed by atoms with Crippen molar-refractivity contribution in [3.05, 3.63) is 32.6 Å². The number of thiophene rings is 1. The predicted molar refractivity (Wildman–Crippen MR) is 94.0 cm³/mol. The summed E-state index contributed by atoms with van der Waals surface area (Å²) in [6.07, 6.45) is -4.02. The summed E-state index contributed by atoms with van der Waals surface area (Å²) in [6.45, 7) is 2.99. The van der Waals surface area contributed by atoms with Crippen molar-refractivity contribution in [1.82, 2.24) is 5.01 Å². The predicted octanol–water partition coefficient (Wildman–Crippen LogP) is 3.85. The lowest BCUT2D eigenvalue weighted by Gasteiger charge is -2.29. The van der Waals surface area contributed by atoms with Gasteiger partial charge < -0.3 is 9.47 Å². The van der Waals surface area contributed by atoms with Crippen LogP contribution in [0.3, 0.4) is 0 Å². The summed E-state index contributed by atoms with van der Waals surface area (Å²) in [4.78, 5) is 11.5. The lowest BCUT2D eigenvalue weighted by atomic mass is 9.84. The maximum absolute atomic E-state index is 14.1. The topological polar surface area (TPSA) is 51.1 Å². The number of allylic oxidation sites excluding steroid dienone is 2. The second kappa shape index (κ2) is 7.32. The summed E-state index contributed by atoms with van der Waals surface area (Å²) < 4.78 is 53.1. The van der Waals surface area contributed by atoms with Crippen LogP contribution < -0.4 is 0 Å². The Kier molecular flexibility index (Phi) is 5.45. The van der Waals surface area contributed by atoms with Crippen LogP contribution >= 0.6 is 27.3 Å². The first-order valence-corrected chi connectivity index (χ1v) is 9.52. The number of nitrogens with zero attached hydrogens (tertiary/aromatic N) is 2. The van der Waals surface area contributed by atoms with Gasteiger partial charge in [-0.2, -0.15) is 18.3 Å². The van der Waals surface area contributed by atoms with Crippen LogP contribution in [-0.4, -0.2) is 49.2 Å². The maximum Gasteiger partial charge on any atom is 0.403 e. The second-order valence-electron chi connectivity index (χ2n) is 5.96. The highest BCUT2D eigenvalue weighted by molar-refractivity contribution is 9.10. The van der Waals surface area contributed by atoms with E-state index in [2.05, 4.69) is 21.0 Å². The number of carbonyl (C=O) groups is 1. The van der Waals surface area contributed by atoms with Crippen molar-refractivity contribution < 1.29 is 27.4 Å². The number of morpholine rings is 1. The van der Waals surface area contributed by atoms with E-state index in [1.807, 2.05) is 0 Å². The van der Waals surface area contributed by atoms with Crippen molar-refractivity contribution in [2.24, 2.45) is 5.10 Å². The van der Waals surface area contributed by atoms with Gasteiger partial charge in [-0.25, -0.2) is 0 Å². The number of ether oxygens (including phenoxy) is 2. The third-order valence-corrected chi connectivity index (χ3v) is 6.16. The molecule has 0 spiro atoms. The van der Waals surface area contributed by atoms with Crippen molar-refractivity contribution in [3.8, 4) is 0 Å². The largest absolute Gasteiger partial charge is 0.425 e. The van der Waals surface area contributed by atoms with Crippen molar-refractivity contribution >= 4 is 38.9 Å². The fourth-order valence-corrected chi connectivity index (χ4v) is 4.85. The minimum absolute atomic E-state index is 0.111. The number of esters is 1. The van der Waals surface area contributed by atoms with Crippen LogP contribution in [0, 0.1) is 0 Å². The lowest BCUT2D eigenvalue weighted by Crippen LogP contribution is -2.40. The van der Waals surface area contributed by atoms with Gasteiger partial charge in [0.25, 0.3) is 0 Å². The molecule has 2 aliphatic rings. The number of hydrogen-bond acceptors (Lipinski definition) is 6. The van der Waals surface area contributed by atoms with Gasteiger partial charge in [0, 0.05) is 22.7 Å². The van der Waals surface area contributed by atoms with Crippen LogP contribution in [-0.2, 0) is 19.7 Å². The quantitative estimate of drug-likeness (QED) is 0.653. The molecule has 1 unspecified atom stereocenters. The molecule has 1 atom stereocenters. The van der Waals surface area contributed by atoms with Gasteiger partial charge in [0.15, 0.2) is 5.76 Å². The van der Waals surface area contributed by atoms with Crippen LogP contribution in [0.2, 0.25) is 0 Å². The molecule has 1 aliphatic carbocycles. The number of halogens is 4. The van der Waals surface area contributed by atoms with E-state index in [0.717, 1.165) is 24.3 Å². The summed E-state index contributed by atoms with van der Waals surface area (Å²) in [5, 5.41) is 7.56. The highest BCUT2D eigenvalue weighted by Crippen LogP contribution is 2.53. The van der Waals surface area contributed by atoms with E-state index in [1.165, 1.54) is 0 Å². The third kappa shape index (κ3) is 3.67. The average Bonchev–Trinajstić information content (AvgIpc) is 3.12. The van der Waals surface area contributed by atoms with Gasteiger partial charge in [-0.15, -0.1) is 11.3 Å². The molecule has 0 bridgehead atoms. The van der Waals surface area contributed by atoms with E-state index in [0.29, 0.717) is 30.8 Å². The van der Waals surface area contributed by atoms with Crippen molar-refractivity contribution in [3.63, 3.8) is 0 Å². The van der Waals surface area contributed by atoms with Gasteiger partial charge in [0.05, 0.1) is 26.3 Å². The number of rotatable bonds is 3. The summed E-state index contributed by atoms with van der Waals surface area (Å²) in [6, 6.07) is 1.57. The van der Waals surface area contributed by atoms with Gasteiger partial charge in [0.1, 0.15) is 11.1 Å². The molecule has 0 radical (unpaired) electrons. The molecule has 0 N–H and O–H groups in total. The first-order chi connectivity index (χ1) is 12.2. The summed E-state index contributed by atoms with van der Waals surface area (Å²) in [5.41, 5.74) is -2.17. The van der Waals surface area contributed by atoms with E-state index in [4.69, 9.17) is 9.47 Å². The zero-order valence-corrected chi connectivity index (χ0v) is 16.2. The molecule has 0 amide bonds. The highest BCUT2D eigenvalue weighted by Gasteiger charge is 2.60. The lowest BCUT2D eigenvalue weighted by molar-refractivity contribution is -0.172. The van der Waals surface area contributed by atoms with E-state index >= 15 is 0 Å². The van der Waals surface area contributed by atoms with E-state index in [9.17, 15) is 18.0 Å². The monoisotopic (exact) mass is 452 g/mol. The molecule has 1 aromatic rings. The van der Waals surface area contributed by atoms with Gasteiger partial charge in [-0.05, 0) is 33.5 Å². The summed E-state index contributed by atoms with van der Waals surface area (Å²) in [7, 11) is 0. The normalized spacial score (nSPS) is 25.5. The maximum atomic E-state index is 14.1. The Labute approximate surface area is 160 Å². The number of carbonyl (C=O) groups excluding carboxylic acids is 1. The fraction of sp³-hybridized carbons (Fsp3) is 0.500. The molecule has 1 saturated heterocycles. The molecule has 0 aromatic carbocycles. The van der Waals surface area contributed by atoms with E-state index in [-0.39, 0.29) is 16.3 Å². The molecule has 5 nitrogen and oxygen atoms in total. The Bertz CT molecular complexity index is 756. The Morgan fingerprint density at radius 1 is 1.42 bits per heavy atom. The molecule has 1 fully saturated rings. The molecule has 1 aliphatic heterocycles. The van der Waals surface area contributed by atoms with Gasteiger partial charge in [0.2, 0.25) is 0 Å². The highest BCUT2D eigenvalue weighted by atomic mass is 79.9. The first kappa shape index (κ1) is 19.4. The van der Waals surface area contributed by atoms with Gasteiger partial charge in [-0.3, -0.25) is 9.80 Å². The van der Waals surface area contributed by atoms with Crippen LogP contribution in [0.15, 0.2) is 32.9 Å². The molecule has 142 valence electrons. The fourth-order valence-electron chi connectivity index (χ4n) is 2.93. The SMILES string of the molecule is CC(=O)OC1=CC(c2sccc2Br)(C(F)(F)F)C/C1=N\N1CCOCC1. The third-order valence-electron chi connectivity index (χ3n) is 4.14. The molecule has 1 aromatic heterocycles. The van der Waals surface area contributed by atoms with Crippen LogP contribution in [0.25, 0.3) is 0 Å². The molecule has 10 heteroatoms. The summed E-state index contributed by atoms with van der Waals surface area (Å²) in [5.74, 6) is -0.823. The van der Waals surface area contributed by atoms with E-state index in [1.54, 1.807) is 16.5 Å². The number of hydrogen-bond donors (Lipinski definition) is 0. The standard InChI is InChI=1S/C16H16BrF3N2O3S/c1-10(23)25-13-9-15(16(18,19)20,14-11(17)2-7-26-14)8-12(13)21-22-3-5-24-6-4-22/h2,7,9H,3-6,8H2,1H3/b21-12+. The van der Waals surface area contributed by atoms with Crippen molar-refractivity contribution in [1.29, 1.82) is 0 Å². The molecule has 2 heterocycles. The zero-order valence-electron chi connectivity index (χ0n) is 13.8. The second-order valence-corrected chi connectivity index (χ2v) is 7.73. The van der Waals surface area contributed by atoms with Crippen LogP contribution in [0.4, 0.5) is 13.2 Å². The molecular weight excluding hydrogens is 437 g/mol. The Hall–Kier alpha value is -1.39. The molecule has 3 rings (SSSR count). The minimum atomic E-state index is -4.58. The van der Waals surface area contributed by atoms with Crippen molar-refractivity contribution in [2.45, 2.75) is 24.9 Å². The Morgan fingerprint density at radius 3 is 2.65 bits per heavy atom. The van der Waals surface area contributed by atoms with E-state index < -0.39 is 24.0 Å². The number of alkyl halides is 3. The first-order valence-electron chi connectivity index (χ1n) is 7.85.